The van der Waals surface area contributed by atoms with Crippen LogP contribution in [-0.4, -0.2) is 48.1 Å². The first-order valence-electron chi connectivity index (χ1n) is 9.74. The smallest absolute Gasteiger partial charge is 0.417 e. The Balaban J connectivity index is 1.53. The van der Waals surface area contributed by atoms with Gasteiger partial charge in [0.05, 0.1) is 30.2 Å². The normalized spacial score (nSPS) is 14.5. The summed E-state index contributed by atoms with van der Waals surface area (Å²) < 4.78 is 44.5. The van der Waals surface area contributed by atoms with Crippen LogP contribution in [0, 0.1) is 0 Å². The van der Waals surface area contributed by atoms with Gasteiger partial charge in [0.15, 0.2) is 5.82 Å². The molecule has 168 valence electrons. The third kappa shape index (κ3) is 4.22. The van der Waals surface area contributed by atoms with Crippen LogP contribution in [0.15, 0.2) is 53.6 Å². The molecule has 1 aromatic carbocycles. The van der Waals surface area contributed by atoms with E-state index in [-0.39, 0.29) is 10.8 Å². The van der Waals surface area contributed by atoms with Gasteiger partial charge in [-0.1, -0.05) is 23.7 Å². The largest absolute Gasteiger partial charge is 0.495 e. The van der Waals surface area contributed by atoms with Crippen molar-refractivity contribution >= 4 is 23.0 Å². The van der Waals surface area contributed by atoms with Gasteiger partial charge in [-0.15, -0.1) is 0 Å². The summed E-state index contributed by atoms with van der Waals surface area (Å²) in [5.41, 5.74) is -0.101. The Labute approximate surface area is 186 Å². The summed E-state index contributed by atoms with van der Waals surface area (Å²) in [6.07, 6.45) is -2.43. The summed E-state index contributed by atoms with van der Waals surface area (Å²) in [5.74, 6) is 0.740. The van der Waals surface area contributed by atoms with Gasteiger partial charge in [-0.2, -0.15) is 23.0 Å². The van der Waals surface area contributed by atoms with Gasteiger partial charge in [-0.3, -0.25) is 4.79 Å². The predicted octanol–water partition coefficient (Wildman–Crippen LogP) is 3.63. The molecule has 3 aromatic rings. The molecule has 0 saturated carbocycles. The number of nitrogens with zero attached hydrogens (tertiary/aromatic N) is 5. The number of hydrogen-bond donors (Lipinski definition) is 0. The summed E-state index contributed by atoms with van der Waals surface area (Å²) in [7, 11) is 1.63. The van der Waals surface area contributed by atoms with Crippen molar-refractivity contribution in [2.24, 2.45) is 0 Å². The van der Waals surface area contributed by atoms with Gasteiger partial charge in [-0.05, 0) is 24.3 Å². The Morgan fingerprint density at radius 2 is 1.62 bits per heavy atom. The molecule has 3 heterocycles. The van der Waals surface area contributed by atoms with Crippen molar-refractivity contribution < 1.29 is 17.9 Å². The van der Waals surface area contributed by atoms with Crippen LogP contribution in [0.4, 0.5) is 24.5 Å². The van der Waals surface area contributed by atoms with E-state index in [1.165, 1.54) is 6.20 Å². The van der Waals surface area contributed by atoms with Gasteiger partial charge < -0.3 is 14.5 Å². The number of pyridine rings is 1. The fraction of sp³-hybridized carbons (Fsp3) is 0.286. The fourth-order valence-electron chi connectivity index (χ4n) is 3.57. The van der Waals surface area contributed by atoms with Crippen LogP contribution in [0.5, 0.6) is 5.75 Å². The Bertz CT molecular complexity index is 1160. The van der Waals surface area contributed by atoms with E-state index in [1.54, 1.807) is 7.11 Å². The molecule has 0 radical (unpaired) electrons. The summed E-state index contributed by atoms with van der Waals surface area (Å²) in [6, 6.07) is 9.66. The van der Waals surface area contributed by atoms with Crippen LogP contribution >= 0.6 is 11.6 Å². The third-order valence-corrected chi connectivity index (χ3v) is 5.59. The summed E-state index contributed by atoms with van der Waals surface area (Å²) in [6.45, 7) is 2.56. The number of ether oxygens (including phenoxy) is 1. The van der Waals surface area contributed by atoms with Crippen molar-refractivity contribution in [2.45, 2.75) is 6.18 Å². The second kappa shape index (κ2) is 8.70. The van der Waals surface area contributed by atoms with Crippen LogP contribution in [0.2, 0.25) is 5.02 Å². The highest BCUT2D eigenvalue weighted by Crippen LogP contribution is 2.31. The first kappa shape index (κ1) is 21.9. The Morgan fingerprint density at radius 3 is 2.22 bits per heavy atom. The van der Waals surface area contributed by atoms with Gasteiger partial charge >= 0.3 is 6.18 Å². The van der Waals surface area contributed by atoms with E-state index in [1.807, 2.05) is 29.2 Å². The monoisotopic (exact) mass is 465 g/mol. The van der Waals surface area contributed by atoms with Crippen LogP contribution in [0.3, 0.4) is 0 Å². The minimum absolute atomic E-state index is 0.0440. The van der Waals surface area contributed by atoms with Crippen molar-refractivity contribution in [1.82, 2.24) is 14.8 Å². The maximum absolute atomic E-state index is 12.7. The molecule has 7 nitrogen and oxygen atoms in total. The van der Waals surface area contributed by atoms with Crippen molar-refractivity contribution in [1.29, 1.82) is 0 Å². The van der Waals surface area contributed by atoms with E-state index in [0.29, 0.717) is 38.1 Å². The lowest BCUT2D eigenvalue weighted by molar-refractivity contribution is -0.137. The van der Waals surface area contributed by atoms with Crippen LogP contribution < -0.4 is 20.1 Å². The lowest BCUT2D eigenvalue weighted by atomic mass is 10.2. The molecule has 4 rings (SSSR count). The Kier molecular flexibility index (Phi) is 5.96. The number of aromatic nitrogens is 3. The molecule has 0 bridgehead atoms. The number of piperazine rings is 1. The molecule has 1 aliphatic rings. The number of benzene rings is 1. The Morgan fingerprint density at radius 1 is 0.969 bits per heavy atom. The molecule has 2 aromatic heterocycles. The van der Waals surface area contributed by atoms with E-state index in [0.717, 1.165) is 28.3 Å². The third-order valence-electron chi connectivity index (χ3n) is 5.24. The number of anilines is 2. The predicted molar refractivity (Wildman–Crippen MR) is 115 cm³/mol. The minimum atomic E-state index is -4.52. The molecule has 0 N–H and O–H groups in total. The molecule has 1 fully saturated rings. The SMILES string of the molecule is COc1ccccc1N1CCN(c2cnn(-c3ccc(C(F)(F)F)cn3)c(=O)c2Cl)CC1. The molecular weight excluding hydrogens is 447 g/mol. The zero-order valence-electron chi connectivity index (χ0n) is 17.0. The molecule has 0 amide bonds. The van der Waals surface area contributed by atoms with Gasteiger partial charge in [0.25, 0.3) is 5.56 Å². The van der Waals surface area contributed by atoms with E-state index in [4.69, 9.17) is 16.3 Å². The molecule has 0 spiro atoms. The van der Waals surface area contributed by atoms with Gasteiger partial charge in [0.2, 0.25) is 0 Å². The maximum Gasteiger partial charge on any atom is 0.417 e. The molecule has 1 aliphatic heterocycles. The lowest BCUT2D eigenvalue weighted by Crippen LogP contribution is -2.47. The lowest BCUT2D eigenvalue weighted by Gasteiger charge is -2.37. The molecule has 0 unspecified atom stereocenters. The number of hydrogen-bond acceptors (Lipinski definition) is 6. The van der Waals surface area contributed by atoms with E-state index < -0.39 is 17.3 Å². The average molecular weight is 466 g/mol. The minimum Gasteiger partial charge on any atom is -0.495 e. The molecule has 0 aliphatic carbocycles. The van der Waals surface area contributed by atoms with Crippen LogP contribution in [-0.2, 0) is 6.18 Å². The fourth-order valence-corrected chi connectivity index (χ4v) is 3.81. The summed E-state index contributed by atoms with van der Waals surface area (Å²) >= 11 is 6.33. The van der Waals surface area contributed by atoms with Gasteiger partial charge in [0.1, 0.15) is 10.8 Å². The number of methoxy groups -OCH3 is 1. The molecule has 11 heteroatoms. The highest BCUT2D eigenvalue weighted by Gasteiger charge is 2.31. The number of para-hydroxylation sites is 2. The Hall–Kier alpha value is -3.27. The topological polar surface area (TPSA) is 63.5 Å². The second-order valence-electron chi connectivity index (χ2n) is 7.11. The van der Waals surface area contributed by atoms with Crippen LogP contribution in [0.1, 0.15) is 5.56 Å². The molecule has 32 heavy (non-hydrogen) atoms. The molecule has 0 atom stereocenters. The van der Waals surface area contributed by atoms with Gasteiger partial charge in [-0.25, -0.2) is 4.98 Å². The maximum atomic E-state index is 12.7. The van der Waals surface area contributed by atoms with Crippen LogP contribution in [0.25, 0.3) is 5.82 Å². The van der Waals surface area contributed by atoms with Crippen molar-refractivity contribution in [3.8, 4) is 11.6 Å². The summed E-state index contributed by atoms with van der Waals surface area (Å²) in [4.78, 5) is 20.6. The van der Waals surface area contributed by atoms with Crippen molar-refractivity contribution in [3.05, 3.63) is 69.7 Å². The van der Waals surface area contributed by atoms with Crippen molar-refractivity contribution in [3.63, 3.8) is 0 Å². The van der Waals surface area contributed by atoms with Gasteiger partial charge in [0, 0.05) is 32.4 Å². The number of halogens is 4. The zero-order valence-corrected chi connectivity index (χ0v) is 17.8. The average Bonchev–Trinajstić information content (AvgIpc) is 2.80. The molecule has 1 saturated heterocycles. The van der Waals surface area contributed by atoms with E-state index in [2.05, 4.69) is 15.0 Å². The van der Waals surface area contributed by atoms with E-state index >= 15 is 0 Å². The number of alkyl halides is 3. The van der Waals surface area contributed by atoms with Crippen molar-refractivity contribution in [2.75, 3.05) is 43.1 Å². The highest BCUT2D eigenvalue weighted by atomic mass is 35.5. The first-order valence-corrected chi connectivity index (χ1v) is 10.1. The quantitative estimate of drug-likeness (QED) is 0.586. The standard InChI is InChI=1S/C21H19ClF3N5O2/c1-32-17-5-3-2-4-15(17)28-8-10-29(11-9-28)16-13-27-30(20(31)19(16)22)18-7-6-14(12-26-18)21(23,24)25/h2-7,12-13H,8-11H2,1H3. The molecular formula is C21H19ClF3N5O2. The van der Waals surface area contributed by atoms with E-state index in [9.17, 15) is 18.0 Å². The highest BCUT2D eigenvalue weighted by molar-refractivity contribution is 6.33. The second-order valence-corrected chi connectivity index (χ2v) is 7.49. The number of rotatable bonds is 4. The summed E-state index contributed by atoms with van der Waals surface area (Å²) in [5, 5.41) is 4.02. The first-order chi connectivity index (χ1) is 15.3. The zero-order chi connectivity index (χ0) is 22.9.